The molecule has 2 rings (SSSR count). The molecular formula is C18H23NO. The average Bonchev–Trinajstić information content (AvgIpc) is 2.50. The molecular weight excluding hydrogens is 246 g/mol. The van der Waals surface area contributed by atoms with Crippen molar-refractivity contribution in [3.63, 3.8) is 0 Å². The maximum Gasteiger partial charge on any atom is 0.118 e. The number of benzene rings is 2. The Labute approximate surface area is 121 Å². The number of ether oxygens (including phenoxy) is 1. The Morgan fingerprint density at radius 3 is 2.20 bits per heavy atom. The number of aryl methyl sites for hydroxylation is 2. The van der Waals surface area contributed by atoms with Crippen molar-refractivity contribution >= 4 is 0 Å². The number of rotatable bonds is 6. The summed E-state index contributed by atoms with van der Waals surface area (Å²) in [4.78, 5) is 0. The third-order valence-electron chi connectivity index (χ3n) is 3.71. The van der Waals surface area contributed by atoms with Gasteiger partial charge in [-0.05, 0) is 50.1 Å². The van der Waals surface area contributed by atoms with Gasteiger partial charge in [0, 0.05) is 6.04 Å². The molecule has 2 nitrogen and oxygen atoms in total. The highest BCUT2D eigenvalue weighted by Crippen LogP contribution is 2.20. The van der Waals surface area contributed by atoms with E-state index in [0.717, 1.165) is 18.6 Å². The molecule has 2 aromatic rings. The molecule has 0 aliphatic rings. The van der Waals surface area contributed by atoms with E-state index in [1.54, 1.807) is 7.11 Å². The van der Waals surface area contributed by atoms with Gasteiger partial charge in [0.05, 0.1) is 7.11 Å². The summed E-state index contributed by atoms with van der Waals surface area (Å²) in [5.74, 6) is 0.914. The molecule has 20 heavy (non-hydrogen) atoms. The van der Waals surface area contributed by atoms with E-state index in [-0.39, 0.29) is 0 Å². The molecule has 2 heteroatoms. The molecule has 0 bridgehead atoms. The van der Waals surface area contributed by atoms with E-state index < -0.39 is 0 Å². The minimum Gasteiger partial charge on any atom is -0.497 e. The highest BCUT2D eigenvalue weighted by molar-refractivity contribution is 5.28. The molecule has 0 fully saturated rings. The number of nitrogens with one attached hydrogen (secondary N) is 1. The van der Waals surface area contributed by atoms with E-state index in [4.69, 9.17) is 4.74 Å². The second-order valence-electron chi connectivity index (χ2n) is 5.14. The predicted octanol–water partition coefficient (Wildman–Crippen LogP) is 3.90. The molecule has 1 unspecified atom stereocenters. The van der Waals surface area contributed by atoms with Crippen molar-refractivity contribution in [1.82, 2.24) is 5.32 Å². The van der Waals surface area contributed by atoms with Crippen LogP contribution in [0.2, 0.25) is 0 Å². The number of methoxy groups -OCH3 is 1. The van der Waals surface area contributed by atoms with Crippen LogP contribution in [0, 0.1) is 6.92 Å². The van der Waals surface area contributed by atoms with E-state index in [2.05, 4.69) is 48.6 Å². The Kier molecular flexibility index (Phi) is 5.19. The molecule has 1 atom stereocenters. The van der Waals surface area contributed by atoms with Crippen molar-refractivity contribution in [2.75, 3.05) is 14.2 Å². The van der Waals surface area contributed by atoms with Gasteiger partial charge >= 0.3 is 0 Å². The summed E-state index contributed by atoms with van der Waals surface area (Å²) in [5, 5.41) is 3.41. The first-order valence-corrected chi connectivity index (χ1v) is 7.09. The third kappa shape index (κ3) is 3.84. The number of hydrogen-bond donors (Lipinski definition) is 1. The van der Waals surface area contributed by atoms with Crippen LogP contribution in [0.15, 0.2) is 48.5 Å². The van der Waals surface area contributed by atoms with E-state index >= 15 is 0 Å². The van der Waals surface area contributed by atoms with Gasteiger partial charge in [0.2, 0.25) is 0 Å². The molecule has 106 valence electrons. The standard InChI is InChI=1S/C18H23NO/c1-14-4-9-16(10-5-14)18(19-2)13-8-15-6-11-17(20-3)12-7-15/h4-7,9-12,18-19H,8,13H2,1-3H3. The number of hydrogen-bond acceptors (Lipinski definition) is 2. The lowest BCUT2D eigenvalue weighted by Crippen LogP contribution is -2.17. The topological polar surface area (TPSA) is 21.3 Å². The molecule has 0 radical (unpaired) electrons. The molecule has 0 amide bonds. The summed E-state index contributed by atoms with van der Waals surface area (Å²) in [6.07, 6.45) is 2.15. The van der Waals surface area contributed by atoms with Crippen molar-refractivity contribution in [1.29, 1.82) is 0 Å². The smallest absolute Gasteiger partial charge is 0.118 e. The molecule has 0 aliphatic heterocycles. The van der Waals surface area contributed by atoms with Gasteiger partial charge in [-0.1, -0.05) is 42.0 Å². The average molecular weight is 269 g/mol. The van der Waals surface area contributed by atoms with Crippen LogP contribution >= 0.6 is 0 Å². The monoisotopic (exact) mass is 269 g/mol. The van der Waals surface area contributed by atoms with Crippen molar-refractivity contribution in [2.24, 2.45) is 0 Å². The molecule has 0 heterocycles. The largest absolute Gasteiger partial charge is 0.497 e. The quantitative estimate of drug-likeness (QED) is 0.859. The van der Waals surface area contributed by atoms with Gasteiger partial charge in [0.25, 0.3) is 0 Å². The maximum atomic E-state index is 5.18. The highest BCUT2D eigenvalue weighted by Gasteiger charge is 2.09. The third-order valence-corrected chi connectivity index (χ3v) is 3.71. The van der Waals surface area contributed by atoms with Crippen LogP contribution in [-0.2, 0) is 6.42 Å². The van der Waals surface area contributed by atoms with Gasteiger partial charge in [-0.15, -0.1) is 0 Å². The minimum atomic E-state index is 0.401. The molecule has 0 saturated carbocycles. The van der Waals surface area contributed by atoms with Gasteiger partial charge < -0.3 is 10.1 Å². The van der Waals surface area contributed by atoms with Gasteiger partial charge in [0.15, 0.2) is 0 Å². The second-order valence-corrected chi connectivity index (χ2v) is 5.14. The van der Waals surface area contributed by atoms with Crippen LogP contribution in [0.5, 0.6) is 5.75 Å². The summed E-state index contributed by atoms with van der Waals surface area (Å²) in [5.41, 5.74) is 4.00. The first kappa shape index (κ1) is 14.6. The molecule has 0 aliphatic carbocycles. The van der Waals surface area contributed by atoms with Crippen LogP contribution < -0.4 is 10.1 Å². The summed E-state index contributed by atoms with van der Waals surface area (Å²) in [6.45, 7) is 2.12. The Morgan fingerprint density at radius 2 is 1.65 bits per heavy atom. The van der Waals surface area contributed by atoms with Crippen LogP contribution in [-0.4, -0.2) is 14.2 Å². The fourth-order valence-electron chi connectivity index (χ4n) is 2.38. The molecule has 0 spiro atoms. The van der Waals surface area contributed by atoms with Crippen LogP contribution in [0.4, 0.5) is 0 Å². The van der Waals surface area contributed by atoms with Crippen molar-refractivity contribution < 1.29 is 4.74 Å². The van der Waals surface area contributed by atoms with Gasteiger partial charge in [-0.3, -0.25) is 0 Å². The zero-order valence-electron chi connectivity index (χ0n) is 12.5. The molecule has 0 aromatic heterocycles. The van der Waals surface area contributed by atoms with Crippen LogP contribution in [0.25, 0.3) is 0 Å². The lowest BCUT2D eigenvalue weighted by molar-refractivity contribution is 0.414. The molecule has 2 aromatic carbocycles. The minimum absolute atomic E-state index is 0.401. The van der Waals surface area contributed by atoms with E-state index in [1.807, 2.05) is 19.2 Å². The Morgan fingerprint density at radius 1 is 1.00 bits per heavy atom. The van der Waals surface area contributed by atoms with Gasteiger partial charge in [-0.25, -0.2) is 0 Å². The SMILES string of the molecule is CNC(CCc1ccc(OC)cc1)c1ccc(C)cc1. The zero-order chi connectivity index (χ0) is 14.4. The summed E-state index contributed by atoms with van der Waals surface area (Å²) in [7, 11) is 3.72. The Balaban J connectivity index is 1.97. The fraction of sp³-hybridized carbons (Fsp3) is 0.333. The van der Waals surface area contributed by atoms with E-state index in [1.165, 1.54) is 16.7 Å². The van der Waals surface area contributed by atoms with Crippen molar-refractivity contribution in [3.05, 3.63) is 65.2 Å². The first-order chi connectivity index (χ1) is 9.72. The van der Waals surface area contributed by atoms with E-state index in [9.17, 15) is 0 Å². The van der Waals surface area contributed by atoms with Crippen molar-refractivity contribution in [2.45, 2.75) is 25.8 Å². The summed E-state index contributed by atoms with van der Waals surface area (Å²) < 4.78 is 5.18. The first-order valence-electron chi connectivity index (χ1n) is 7.09. The van der Waals surface area contributed by atoms with Crippen LogP contribution in [0.1, 0.15) is 29.2 Å². The molecule has 1 N–H and O–H groups in total. The Bertz CT molecular complexity index is 516. The lowest BCUT2D eigenvalue weighted by atomic mass is 9.98. The maximum absolute atomic E-state index is 5.18. The molecule has 0 saturated heterocycles. The normalized spacial score (nSPS) is 12.2. The highest BCUT2D eigenvalue weighted by atomic mass is 16.5. The Hall–Kier alpha value is -1.80. The summed E-state index contributed by atoms with van der Waals surface area (Å²) in [6, 6.07) is 17.5. The van der Waals surface area contributed by atoms with Gasteiger partial charge in [-0.2, -0.15) is 0 Å². The van der Waals surface area contributed by atoms with Crippen LogP contribution in [0.3, 0.4) is 0 Å². The van der Waals surface area contributed by atoms with Gasteiger partial charge in [0.1, 0.15) is 5.75 Å². The fourth-order valence-corrected chi connectivity index (χ4v) is 2.38. The lowest BCUT2D eigenvalue weighted by Gasteiger charge is -2.17. The predicted molar refractivity (Wildman–Crippen MR) is 84.3 cm³/mol. The van der Waals surface area contributed by atoms with E-state index in [0.29, 0.717) is 6.04 Å². The second kappa shape index (κ2) is 7.11. The zero-order valence-corrected chi connectivity index (χ0v) is 12.5. The van der Waals surface area contributed by atoms with Crippen molar-refractivity contribution in [3.8, 4) is 5.75 Å². The summed E-state index contributed by atoms with van der Waals surface area (Å²) >= 11 is 0.